The first-order valence-corrected chi connectivity index (χ1v) is 9.79. The molecule has 0 bridgehead atoms. The van der Waals surface area contributed by atoms with Crippen LogP contribution in [0.15, 0.2) is 29.2 Å². The van der Waals surface area contributed by atoms with Crippen LogP contribution in [-0.2, 0) is 14.6 Å². The van der Waals surface area contributed by atoms with Gasteiger partial charge in [0.05, 0.1) is 16.6 Å². The quantitative estimate of drug-likeness (QED) is 0.846. The molecule has 1 aliphatic rings. The lowest BCUT2D eigenvalue weighted by atomic mass is 10.0. The molecule has 2 rings (SSSR count). The number of carboxylic acid groups (broad SMARTS) is 1. The standard InChI is InChI=1S/C17H23NO5S/c1-3-4-11-24(22,23)14-7-5-13(6-8-14)16(19)18-10-9-15(12(18)2)17(20)21/h5-8,12,15H,3-4,9-11H2,1-2H3,(H,20,21). The molecule has 2 atom stereocenters. The normalized spacial score (nSPS) is 21.0. The lowest BCUT2D eigenvalue weighted by molar-refractivity contribution is -0.142. The Morgan fingerprint density at radius 3 is 2.38 bits per heavy atom. The van der Waals surface area contributed by atoms with Gasteiger partial charge in [0.1, 0.15) is 0 Å². The highest BCUT2D eigenvalue weighted by Gasteiger charge is 2.38. The number of rotatable bonds is 6. The summed E-state index contributed by atoms with van der Waals surface area (Å²) in [6, 6.07) is 5.54. The predicted octanol–water partition coefficient (Wildman–Crippen LogP) is 2.20. The zero-order chi connectivity index (χ0) is 17.9. The fraction of sp³-hybridized carbons (Fsp3) is 0.529. The Balaban J connectivity index is 2.14. The van der Waals surface area contributed by atoms with Gasteiger partial charge in [-0.25, -0.2) is 8.42 Å². The van der Waals surface area contributed by atoms with E-state index in [0.717, 1.165) is 6.42 Å². The highest BCUT2D eigenvalue weighted by Crippen LogP contribution is 2.26. The second-order valence-corrected chi connectivity index (χ2v) is 8.28. The Labute approximate surface area is 142 Å². The van der Waals surface area contributed by atoms with Crippen LogP contribution >= 0.6 is 0 Å². The fourth-order valence-corrected chi connectivity index (χ4v) is 4.43. The fourth-order valence-electron chi connectivity index (χ4n) is 2.98. The molecular formula is C17H23NO5S. The molecule has 1 aromatic rings. The van der Waals surface area contributed by atoms with Gasteiger partial charge >= 0.3 is 5.97 Å². The minimum absolute atomic E-state index is 0.0975. The van der Waals surface area contributed by atoms with Gasteiger partial charge in [0.25, 0.3) is 5.91 Å². The van der Waals surface area contributed by atoms with Gasteiger partial charge in [-0.2, -0.15) is 0 Å². The van der Waals surface area contributed by atoms with Crippen molar-refractivity contribution in [1.82, 2.24) is 4.90 Å². The average Bonchev–Trinajstić information content (AvgIpc) is 2.94. The third-order valence-corrected chi connectivity index (χ3v) is 6.38. The lowest BCUT2D eigenvalue weighted by Gasteiger charge is -2.23. The Bertz CT molecular complexity index is 711. The highest BCUT2D eigenvalue weighted by atomic mass is 32.2. The van der Waals surface area contributed by atoms with Crippen molar-refractivity contribution in [1.29, 1.82) is 0 Å². The first-order chi connectivity index (χ1) is 11.3. The number of amides is 1. The SMILES string of the molecule is CCCCS(=O)(=O)c1ccc(C(=O)N2CCC(C(=O)O)C2C)cc1. The number of carboxylic acids is 1. The number of aliphatic carboxylic acids is 1. The summed E-state index contributed by atoms with van der Waals surface area (Å²) in [5, 5.41) is 9.15. The van der Waals surface area contributed by atoms with E-state index in [1.807, 2.05) is 6.92 Å². The van der Waals surface area contributed by atoms with E-state index in [9.17, 15) is 18.0 Å². The maximum Gasteiger partial charge on any atom is 0.308 e. The van der Waals surface area contributed by atoms with Gasteiger partial charge in [-0.3, -0.25) is 9.59 Å². The largest absolute Gasteiger partial charge is 0.481 e. The Kier molecular flexibility index (Phi) is 5.64. The van der Waals surface area contributed by atoms with Crippen LogP contribution < -0.4 is 0 Å². The molecule has 0 saturated carbocycles. The minimum Gasteiger partial charge on any atom is -0.481 e. The van der Waals surface area contributed by atoms with E-state index in [0.29, 0.717) is 24.9 Å². The summed E-state index contributed by atoms with van der Waals surface area (Å²) in [4.78, 5) is 25.4. The molecule has 1 amide bonds. The van der Waals surface area contributed by atoms with Crippen LogP contribution in [0, 0.1) is 5.92 Å². The van der Waals surface area contributed by atoms with Crippen molar-refractivity contribution < 1.29 is 23.1 Å². The third-order valence-electron chi connectivity index (χ3n) is 4.56. The molecule has 132 valence electrons. The van der Waals surface area contributed by atoms with Crippen LogP contribution in [0.3, 0.4) is 0 Å². The number of carbonyl (C=O) groups excluding carboxylic acids is 1. The van der Waals surface area contributed by atoms with Crippen LogP contribution in [0.1, 0.15) is 43.5 Å². The van der Waals surface area contributed by atoms with E-state index in [1.165, 1.54) is 24.3 Å². The van der Waals surface area contributed by atoms with Crippen LogP contribution in [0.25, 0.3) is 0 Å². The number of nitrogens with zero attached hydrogens (tertiary/aromatic N) is 1. The number of hydrogen-bond acceptors (Lipinski definition) is 4. The molecule has 1 heterocycles. The number of sulfone groups is 1. The van der Waals surface area contributed by atoms with Crippen molar-refractivity contribution in [3.05, 3.63) is 29.8 Å². The average molecular weight is 353 g/mol. The molecule has 1 fully saturated rings. The zero-order valence-electron chi connectivity index (χ0n) is 13.9. The molecule has 0 radical (unpaired) electrons. The van der Waals surface area contributed by atoms with Crippen molar-refractivity contribution in [3.8, 4) is 0 Å². The van der Waals surface area contributed by atoms with Crippen molar-refractivity contribution in [2.45, 2.75) is 44.0 Å². The summed E-state index contributed by atoms with van der Waals surface area (Å²) >= 11 is 0. The molecule has 24 heavy (non-hydrogen) atoms. The maximum absolute atomic E-state index is 12.5. The van der Waals surface area contributed by atoms with Gasteiger partial charge in [-0.1, -0.05) is 13.3 Å². The van der Waals surface area contributed by atoms with Gasteiger partial charge in [-0.05, 0) is 44.0 Å². The first kappa shape index (κ1) is 18.4. The highest BCUT2D eigenvalue weighted by molar-refractivity contribution is 7.91. The van der Waals surface area contributed by atoms with Gasteiger partial charge in [-0.15, -0.1) is 0 Å². The van der Waals surface area contributed by atoms with Crippen molar-refractivity contribution in [2.75, 3.05) is 12.3 Å². The second kappa shape index (κ2) is 7.34. The molecule has 6 nitrogen and oxygen atoms in total. The Hall–Kier alpha value is -1.89. The molecule has 0 aromatic heterocycles. The van der Waals surface area contributed by atoms with Crippen LogP contribution in [0.5, 0.6) is 0 Å². The molecule has 1 N–H and O–H groups in total. The van der Waals surface area contributed by atoms with E-state index >= 15 is 0 Å². The summed E-state index contributed by atoms with van der Waals surface area (Å²) < 4.78 is 24.3. The second-order valence-electron chi connectivity index (χ2n) is 6.17. The molecular weight excluding hydrogens is 330 g/mol. The molecule has 1 aromatic carbocycles. The van der Waals surface area contributed by atoms with Gasteiger partial charge < -0.3 is 10.0 Å². The zero-order valence-corrected chi connectivity index (χ0v) is 14.8. The number of benzene rings is 1. The topological polar surface area (TPSA) is 91.8 Å². The number of hydrogen-bond donors (Lipinski definition) is 1. The predicted molar refractivity (Wildman–Crippen MR) is 89.6 cm³/mol. The van der Waals surface area contributed by atoms with Crippen LogP contribution in [0.2, 0.25) is 0 Å². The van der Waals surface area contributed by atoms with E-state index < -0.39 is 21.7 Å². The summed E-state index contributed by atoms with van der Waals surface area (Å²) in [6.45, 7) is 4.06. The minimum atomic E-state index is -3.32. The number of likely N-dealkylation sites (tertiary alicyclic amines) is 1. The summed E-state index contributed by atoms with van der Waals surface area (Å²) in [5.74, 6) is -1.61. The van der Waals surface area contributed by atoms with Gasteiger partial charge in [0.2, 0.25) is 0 Å². The smallest absolute Gasteiger partial charge is 0.308 e. The molecule has 1 saturated heterocycles. The Morgan fingerprint density at radius 2 is 1.88 bits per heavy atom. The third kappa shape index (κ3) is 3.77. The van der Waals surface area contributed by atoms with Gasteiger partial charge in [0, 0.05) is 18.2 Å². The number of unbranched alkanes of at least 4 members (excludes halogenated alkanes) is 1. The number of carbonyl (C=O) groups is 2. The molecule has 1 aliphatic heterocycles. The molecule has 0 spiro atoms. The summed E-state index contributed by atoms with van der Waals surface area (Å²) in [5.41, 5.74) is 0.377. The molecule has 2 unspecified atom stereocenters. The van der Waals surface area contributed by atoms with Crippen molar-refractivity contribution in [3.63, 3.8) is 0 Å². The lowest BCUT2D eigenvalue weighted by Crippen LogP contribution is -2.37. The van der Waals surface area contributed by atoms with Crippen molar-refractivity contribution in [2.24, 2.45) is 5.92 Å². The summed E-state index contributed by atoms with van der Waals surface area (Å²) in [7, 11) is -3.32. The first-order valence-electron chi connectivity index (χ1n) is 8.14. The van der Waals surface area contributed by atoms with E-state index in [-0.39, 0.29) is 22.6 Å². The Morgan fingerprint density at radius 1 is 1.25 bits per heavy atom. The maximum atomic E-state index is 12.5. The van der Waals surface area contributed by atoms with Crippen molar-refractivity contribution >= 4 is 21.7 Å². The van der Waals surface area contributed by atoms with Gasteiger partial charge in [0.15, 0.2) is 9.84 Å². The molecule has 0 aliphatic carbocycles. The molecule has 7 heteroatoms. The van der Waals surface area contributed by atoms with Crippen LogP contribution in [0.4, 0.5) is 0 Å². The monoisotopic (exact) mass is 353 g/mol. The van der Waals surface area contributed by atoms with E-state index in [1.54, 1.807) is 11.8 Å². The van der Waals surface area contributed by atoms with E-state index in [4.69, 9.17) is 5.11 Å². The van der Waals surface area contributed by atoms with Crippen LogP contribution in [-0.4, -0.2) is 48.6 Å². The summed E-state index contributed by atoms with van der Waals surface area (Å²) in [6.07, 6.45) is 1.84. The van der Waals surface area contributed by atoms with E-state index in [2.05, 4.69) is 0 Å².